The van der Waals surface area contributed by atoms with E-state index in [-0.39, 0.29) is 11.6 Å². The molecule has 118 valence electrons. The van der Waals surface area contributed by atoms with Gasteiger partial charge in [0.1, 0.15) is 5.66 Å². The van der Waals surface area contributed by atoms with Crippen molar-refractivity contribution in [1.29, 1.82) is 0 Å². The Hall–Kier alpha value is -2.40. The Balaban J connectivity index is 1.44. The highest BCUT2D eigenvalue weighted by Gasteiger charge is 2.39. The zero-order valence-corrected chi connectivity index (χ0v) is 13.0. The lowest BCUT2D eigenvalue weighted by molar-refractivity contribution is 0.0821. The standard InChI is InChI=1S/C18H20N4O/c23-17-15-6-1-2-7-16(15)20-18(21-17)8-11-22(12-9-18)13-14-5-3-4-10-19-14/h1-7,10,20H,8-9,11-13H2,(H,21,23). The molecule has 1 aromatic carbocycles. The maximum atomic E-state index is 12.4. The van der Waals surface area contributed by atoms with Crippen LogP contribution in [-0.2, 0) is 6.54 Å². The molecule has 5 heteroatoms. The molecular weight excluding hydrogens is 288 g/mol. The number of anilines is 1. The van der Waals surface area contributed by atoms with Crippen molar-refractivity contribution in [3.05, 3.63) is 59.9 Å². The van der Waals surface area contributed by atoms with Gasteiger partial charge in [-0.05, 0) is 24.3 Å². The lowest BCUT2D eigenvalue weighted by Crippen LogP contribution is -2.62. The first kappa shape index (κ1) is 14.2. The highest BCUT2D eigenvalue weighted by molar-refractivity contribution is 6.02. The van der Waals surface area contributed by atoms with E-state index in [0.29, 0.717) is 0 Å². The van der Waals surface area contributed by atoms with Gasteiger partial charge in [0, 0.05) is 44.4 Å². The molecule has 1 amide bonds. The lowest BCUT2D eigenvalue weighted by Gasteiger charge is -2.45. The normalized spacial score (nSPS) is 19.7. The topological polar surface area (TPSA) is 57.3 Å². The van der Waals surface area contributed by atoms with Gasteiger partial charge >= 0.3 is 0 Å². The van der Waals surface area contributed by atoms with Gasteiger partial charge in [-0.15, -0.1) is 0 Å². The average molecular weight is 308 g/mol. The minimum atomic E-state index is -0.313. The first-order valence-electron chi connectivity index (χ1n) is 8.06. The lowest BCUT2D eigenvalue weighted by atomic mass is 9.92. The summed E-state index contributed by atoms with van der Waals surface area (Å²) in [6.45, 7) is 2.74. The van der Waals surface area contributed by atoms with E-state index in [4.69, 9.17) is 0 Å². The van der Waals surface area contributed by atoms with Crippen LogP contribution in [0.15, 0.2) is 48.7 Å². The molecule has 2 aromatic rings. The summed E-state index contributed by atoms with van der Waals surface area (Å²) in [6.07, 6.45) is 3.61. The summed E-state index contributed by atoms with van der Waals surface area (Å²) in [5, 5.41) is 6.73. The number of rotatable bonds is 2. The number of likely N-dealkylation sites (tertiary alicyclic amines) is 1. The molecule has 1 saturated heterocycles. The summed E-state index contributed by atoms with van der Waals surface area (Å²) >= 11 is 0. The van der Waals surface area contributed by atoms with Crippen LogP contribution in [0.5, 0.6) is 0 Å². The number of nitrogens with one attached hydrogen (secondary N) is 2. The van der Waals surface area contributed by atoms with E-state index < -0.39 is 0 Å². The van der Waals surface area contributed by atoms with E-state index in [1.165, 1.54) is 0 Å². The fourth-order valence-corrected chi connectivity index (χ4v) is 3.43. The third-order valence-corrected chi connectivity index (χ3v) is 4.72. The molecule has 0 radical (unpaired) electrons. The van der Waals surface area contributed by atoms with E-state index in [0.717, 1.165) is 49.4 Å². The Bertz CT molecular complexity index is 708. The molecule has 2 N–H and O–H groups in total. The third kappa shape index (κ3) is 2.80. The Morgan fingerprint density at radius 3 is 2.61 bits per heavy atom. The average Bonchev–Trinajstić information content (AvgIpc) is 2.58. The summed E-state index contributed by atoms with van der Waals surface area (Å²) in [6, 6.07) is 13.7. The first-order chi connectivity index (χ1) is 11.2. The number of aromatic nitrogens is 1. The molecule has 0 saturated carbocycles. The number of nitrogens with zero attached hydrogens (tertiary/aromatic N) is 2. The maximum absolute atomic E-state index is 12.4. The minimum Gasteiger partial charge on any atom is -0.362 e. The second kappa shape index (κ2) is 5.66. The highest BCUT2D eigenvalue weighted by Crippen LogP contribution is 2.31. The van der Waals surface area contributed by atoms with Crippen LogP contribution in [0, 0.1) is 0 Å². The molecule has 2 aliphatic heterocycles. The highest BCUT2D eigenvalue weighted by atomic mass is 16.2. The molecule has 1 fully saturated rings. The van der Waals surface area contributed by atoms with Crippen molar-refractivity contribution in [3.63, 3.8) is 0 Å². The second-order valence-corrected chi connectivity index (χ2v) is 6.30. The quantitative estimate of drug-likeness (QED) is 0.893. The molecule has 2 aliphatic rings. The van der Waals surface area contributed by atoms with E-state index >= 15 is 0 Å². The van der Waals surface area contributed by atoms with Gasteiger partial charge in [0.25, 0.3) is 5.91 Å². The largest absolute Gasteiger partial charge is 0.362 e. The van der Waals surface area contributed by atoms with Crippen LogP contribution < -0.4 is 10.6 Å². The van der Waals surface area contributed by atoms with Gasteiger partial charge in [-0.2, -0.15) is 0 Å². The van der Waals surface area contributed by atoms with Crippen LogP contribution >= 0.6 is 0 Å². The summed E-state index contributed by atoms with van der Waals surface area (Å²) in [5.74, 6) is 0.0255. The van der Waals surface area contributed by atoms with E-state index in [9.17, 15) is 4.79 Å². The van der Waals surface area contributed by atoms with Crippen molar-refractivity contribution < 1.29 is 4.79 Å². The van der Waals surface area contributed by atoms with Crippen molar-refractivity contribution >= 4 is 11.6 Å². The monoisotopic (exact) mass is 308 g/mol. The number of hydrogen-bond donors (Lipinski definition) is 2. The zero-order valence-electron chi connectivity index (χ0n) is 13.0. The maximum Gasteiger partial charge on any atom is 0.255 e. The molecule has 3 heterocycles. The molecule has 0 bridgehead atoms. The predicted molar refractivity (Wildman–Crippen MR) is 89.0 cm³/mol. The molecule has 0 unspecified atom stereocenters. The Labute approximate surface area is 135 Å². The number of amides is 1. The summed E-state index contributed by atoms with van der Waals surface area (Å²) < 4.78 is 0. The van der Waals surface area contributed by atoms with Crippen molar-refractivity contribution in [1.82, 2.24) is 15.2 Å². The van der Waals surface area contributed by atoms with Crippen LogP contribution in [0.4, 0.5) is 5.69 Å². The number of carbonyl (C=O) groups is 1. The van der Waals surface area contributed by atoms with Gasteiger partial charge in [-0.25, -0.2) is 0 Å². The van der Waals surface area contributed by atoms with Gasteiger partial charge in [0.15, 0.2) is 0 Å². The summed E-state index contributed by atoms with van der Waals surface area (Å²) in [4.78, 5) is 19.1. The Morgan fingerprint density at radius 1 is 1.04 bits per heavy atom. The first-order valence-corrected chi connectivity index (χ1v) is 8.06. The third-order valence-electron chi connectivity index (χ3n) is 4.72. The van der Waals surface area contributed by atoms with Gasteiger partial charge in [0.2, 0.25) is 0 Å². The predicted octanol–water partition coefficient (Wildman–Crippen LogP) is 2.23. The Kier molecular flexibility index (Phi) is 3.50. The van der Waals surface area contributed by atoms with Gasteiger partial charge in [-0.1, -0.05) is 18.2 Å². The number of pyridine rings is 1. The summed E-state index contributed by atoms with van der Waals surface area (Å²) in [7, 11) is 0. The molecule has 0 atom stereocenters. The fraction of sp³-hybridized carbons (Fsp3) is 0.333. The zero-order chi connectivity index (χ0) is 15.7. The van der Waals surface area contributed by atoms with Crippen molar-refractivity contribution in [2.24, 2.45) is 0 Å². The van der Waals surface area contributed by atoms with Crippen LogP contribution in [0.1, 0.15) is 28.9 Å². The molecule has 5 nitrogen and oxygen atoms in total. The smallest absolute Gasteiger partial charge is 0.255 e. The van der Waals surface area contributed by atoms with Crippen LogP contribution in [0.2, 0.25) is 0 Å². The number of para-hydroxylation sites is 1. The number of carbonyl (C=O) groups excluding carboxylic acids is 1. The van der Waals surface area contributed by atoms with E-state index in [1.807, 2.05) is 42.6 Å². The van der Waals surface area contributed by atoms with Gasteiger partial charge < -0.3 is 10.6 Å². The van der Waals surface area contributed by atoms with Crippen molar-refractivity contribution in [2.45, 2.75) is 25.0 Å². The van der Waals surface area contributed by atoms with Crippen LogP contribution in [0.3, 0.4) is 0 Å². The van der Waals surface area contributed by atoms with Crippen molar-refractivity contribution in [2.75, 3.05) is 18.4 Å². The Morgan fingerprint density at radius 2 is 1.83 bits per heavy atom. The number of piperidine rings is 1. The second-order valence-electron chi connectivity index (χ2n) is 6.30. The van der Waals surface area contributed by atoms with Crippen LogP contribution in [0.25, 0.3) is 0 Å². The van der Waals surface area contributed by atoms with Crippen molar-refractivity contribution in [3.8, 4) is 0 Å². The SMILES string of the molecule is O=C1NC2(CCN(Cc3ccccn3)CC2)Nc2ccccc21. The molecule has 1 spiro atoms. The molecule has 4 rings (SSSR count). The number of benzene rings is 1. The molecular formula is C18H20N4O. The van der Waals surface area contributed by atoms with E-state index in [1.54, 1.807) is 0 Å². The fourth-order valence-electron chi connectivity index (χ4n) is 3.43. The minimum absolute atomic E-state index is 0.0255. The molecule has 1 aromatic heterocycles. The number of hydrogen-bond acceptors (Lipinski definition) is 4. The molecule has 23 heavy (non-hydrogen) atoms. The number of fused-ring (bicyclic) bond motifs is 1. The van der Waals surface area contributed by atoms with Gasteiger partial charge in [0.05, 0.1) is 11.3 Å². The van der Waals surface area contributed by atoms with Gasteiger partial charge in [-0.3, -0.25) is 14.7 Å². The van der Waals surface area contributed by atoms with Crippen LogP contribution in [-0.4, -0.2) is 34.5 Å². The summed E-state index contributed by atoms with van der Waals surface area (Å²) in [5.41, 5.74) is 2.45. The van der Waals surface area contributed by atoms with E-state index in [2.05, 4.69) is 26.6 Å². The molecule has 0 aliphatic carbocycles.